The maximum Gasteiger partial charge on any atom is 0.413 e. The van der Waals surface area contributed by atoms with E-state index in [-0.39, 0.29) is 24.0 Å². The minimum Gasteiger partial charge on any atom is -0.490 e. The number of thiazole rings is 1. The number of unbranched alkanes of at least 4 members (excludes halogenated alkanes) is 2. The topological polar surface area (TPSA) is 203 Å². The summed E-state index contributed by atoms with van der Waals surface area (Å²) in [5.74, 6) is -0.900. The molecule has 0 aliphatic carbocycles. The van der Waals surface area contributed by atoms with Crippen molar-refractivity contribution in [2.75, 3.05) is 31.7 Å². The highest BCUT2D eigenvalue weighted by atomic mass is 32.1. The second kappa shape index (κ2) is 17.3. The van der Waals surface area contributed by atoms with Gasteiger partial charge in [0.25, 0.3) is 5.91 Å². The molecule has 0 aromatic carbocycles. The summed E-state index contributed by atoms with van der Waals surface area (Å²) in [6.45, 7) is 13.9. The summed E-state index contributed by atoms with van der Waals surface area (Å²) in [6, 6.07) is -0.0167. The fourth-order valence-electron chi connectivity index (χ4n) is 3.88. The first-order chi connectivity index (χ1) is 22.3. The smallest absolute Gasteiger partial charge is 0.413 e. The third kappa shape index (κ3) is 11.5. The van der Waals surface area contributed by atoms with E-state index < -0.39 is 47.3 Å². The Morgan fingerprint density at radius 1 is 1.09 bits per heavy atom. The van der Waals surface area contributed by atoms with Crippen LogP contribution in [0, 0.1) is 5.41 Å². The molecular formula is C31H43N7O8S. The van der Waals surface area contributed by atoms with Crippen LogP contribution < -0.4 is 30.7 Å². The zero-order valence-electron chi connectivity index (χ0n) is 27.3. The van der Waals surface area contributed by atoms with Gasteiger partial charge in [0.15, 0.2) is 16.6 Å². The van der Waals surface area contributed by atoms with Gasteiger partial charge in [-0.15, -0.1) is 11.3 Å². The first-order valence-corrected chi connectivity index (χ1v) is 16.2. The van der Waals surface area contributed by atoms with Crippen LogP contribution in [0.4, 0.5) is 9.93 Å². The van der Waals surface area contributed by atoms with Crippen LogP contribution in [0.5, 0.6) is 11.5 Å². The lowest BCUT2D eigenvalue weighted by molar-refractivity contribution is -0.147. The molecule has 1 saturated heterocycles. The van der Waals surface area contributed by atoms with Gasteiger partial charge in [0, 0.05) is 11.4 Å². The minimum absolute atomic E-state index is 0.000336. The molecule has 1 fully saturated rings. The second-order valence-electron chi connectivity index (χ2n) is 11.5. The Kier molecular flexibility index (Phi) is 13.5. The summed E-state index contributed by atoms with van der Waals surface area (Å²) in [5, 5.41) is 20.1. The van der Waals surface area contributed by atoms with Crippen molar-refractivity contribution in [2.45, 2.75) is 78.0 Å². The van der Waals surface area contributed by atoms with Gasteiger partial charge in [-0.25, -0.2) is 9.78 Å². The van der Waals surface area contributed by atoms with Crippen LogP contribution in [0.1, 0.15) is 71.7 Å². The van der Waals surface area contributed by atoms with Gasteiger partial charge in [-0.3, -0.25) is 30.1 Å². The second-order valence-corrected chi connectivity index (χ2v) is 12.4. The van der Waals surface area contributed by atoms with E-state index in [4.69, 9.17) is 24.4 Å². The van der Waals surface area contributed by atoms with Crippen LogP contribution in [-0.4, -0.2) is 83.6 Å². The number of nitrogens with one attached hydrogen (secondary N) is 5. The quantitative estimate of drug-likeness (QED) is 0.0672. The average Bonchev–Trinajstić information content (AvgIpc) is 3.48. The number of ether oxygens (including phenoxy) is 4. The monoisotopic (exact) mass is 673 g/mol. The number of nitrogens with zero attached hydrogens (tertiary/aromatic N) is 2. The van der Waals surface area contributed by atoms with E-state index >= 15 is 0 Å². The van der Waals surface area contributed by atoms with Crippen molar-refractivity contribution in [3.8, 4) is 11.5 Å². The molecule has 16 heteroatoms. The van der Waals surface area contributed by atoms with E-state index in [0.29, 0.717) is 36.1 Å². The standard InChI is InChI=1S/C31H43N7O8S/c1-7-9-11-43-22-13-19(34-14-23(22)44-12-10-8-2)18(3)33-15-24(39)45-16-20-26(28(41)35-20)37-27(40)25(32)21-17-47-29(36-21)38-30(42)46-31(4,5)6/h13-14,17,20,26,32-33H,3,7-12,15-16H2,1-2,4-6H3,(H,35,41)(H,37,40)(H,36,38,42)/t20-,26+/m1/s1. The number of hydrogen-bond acceptors (Lipinski definition) is 13. The van der Waals surface area contributed by atoms with E-state index in [0.717, 1.165) is 37.0 Å². The summed E-state index contributed by atoms with van der Waals surface area (Å²) >= 11 is 1.01. The first kappa shape index (κ1) is 36.7. The van der Waals surface area contributed by atoms with Crippen molar-refractivity contribution >= 4 is 51.8 Å². The Labute approximate surface area is 277 Å². The van der Waals surface area contributed by atoms with E-state index in [1.165, 1.54) is 5.38 Å². The van der Waals surface area contributed by atoms with Gasteiger partial charge in [0.2, 0.25) is 5.91 Å². The Balaban J connectivity index is 1.46. The van der Waals surface area contributed by atoms with Crippen molar-refractivity contribution < 1.29 is 38.1 Å². The van der Waals surface area contributed by atoms with Gasteiger partial charge in [-0.2, -0.15) is 0 Å². The van der Waals surface area contributed by atoms with E-state index in [1.807, 2.05) is 0 Å². The van der Waals surface area contributed by atoms with Crippen LogP contribution in [-0.2, 0) is 23.9 Å². The molecule has 5 N–H and O–H groups in total. The molecule has 3 rings (SSSR count). The summed E-state index contributed by atoms with van der Waals surface area (Å²) in [7, 11) is 0. The molecule has 0 saturated carbocycles. The van der Waals surface area contributed by atoms with Crippen molar-refractivity contribution in [3.63, 3.8) is 0 Å². The predicted molar refractivity (Wildman–Crippen MR) is 176 cm³/mol. The SMILES string of the molecule is C=C(NCC(=O)OC[C@H]1NC(=O)[C@H]1NC(=O)C(=N)c1csc(NC(=O)OC(C)(C)C)n1)c1cc(OCCCC)c(OCCCC)cn1. The molecule has 2 atom stereocenters. The zero-order valence-corrected chi connectivity index (χ0v) is 28.1. The number of hydrogen-bond donors (Lipinski definition) is 5. The third-order valence-corrected chi connectivity index (χ3v) is 7.17. The third-order valence-electron chi connectivity index (χ3n) is 6.42. The molecule has 2 aromatic heterocycles. The summed E-state index contributed by atoms with van der Waals surface area (Å²) in [6.07, 6.45) is 4.60. The summed E-state index contributed by atoms with van der Waals surface area (Å²) in [5.41, 5.74) is -0.381. The Hall–Kier alpha value is -4.73. The minimum atomic E-state index is -1.02. The predicted octanol–water partition coefficient (Wildman–Crippen LogP) is 3.40. The van der Waals surface area contributed by atoms with E-state index in [1.54, 1.807) is 33.0 Å². The molecule has 3 heterocycles. The number of amides is 3. The fraction of sp³-hybridized carbons (Fsp3) is 0.516. The largest absolute Gasteiger partial charge is 0.490 e. The number of anilines is 1. The molecule has 15 nitrogen and oxygen atoms in total. The van der Waals surface area contributed by atoms with Crippen molar-refractivity contribution in [1.29, 1.82) is 5.41 Å². The molecule has 1 aliphatic heterocycles. The molecule has 0 spiro atoms. The zero-order chi connectivity index (χ0) is 34.6. The first-order valence-electron chi connectivity index (χ1n) is 15.3. The molecular weight excluding hydrogens is 630 g/mol. The Morgan fingerprint density at radius 3 is 2.40 bits per heavy atom. The summed E-state index contributed by atoms with van der Waals surface area (Å²) < 4.78 is 22.2. The molecule has 256 valence electrons. The van der Waals surface area contributed by atoms with Crippen LogP contribution in [0.2, 0.25) is 0 Å². The normalized spacial score (nSPS) is 15.4. The van der Waals surface area contributed by atoms with Crippen LogP contribution >= 0.6 is 11.3 Å². The van der Waals surface area contributed by atoms with Gasteiger partial charge in [0.1, 0.15) is 36.2 Å². The van der Waals surface area contributed by atoms with Crippen molar-refractivity contribution in [1.82, 2.24) is 25.9 Å². The number of aromatic nitrogens is 2. The lowest BCUT2D eigenvalue weighted by Gasteiger charge is -2.36. The Morgan fingerprint density at radius 2 is 1.77 bits per heavy atom. The van der Waals surface area contributed by atoms with Gasteiger partial charge in [-0.1, -0.05) is 33.3 Å². The molecule has 0 unspecified atom stereocenters. The van der Waals surface area contributed by atoms with Crippen LogP contribution in [0.25, 0.3) is 5.70 Å². The van der Waals surface area contributed by atoms with Gasteiger partial charge in [-0.05, 0) is 33.6 Å². The number of pyridine rings is 1. The highest BCUT2D eigenvalue weighted by Gasteiger charge is 2.41. The van der Waals surface area contributed by atoms with E-state index in [9.17, 15) is 19.2 Å². The van der Waals surface area contributed by atoms with Crippen molar-refractivity contribution in [2.24, 2.45) is 0 Å². The number of carbonyl (C=O) groups excluding carboxylic acids is 4. The fourth-order valence-corrected chi connectivity index (χ4v) is 4.57. The van der Waals surface area contributed by atoms with Gasteiger partial charge < -0.3 is 34.9 Å². The lowest BCUT2D eigenvalue weighted by Crippen LogP contribution is -2.71. The van der Waals surface area contributed by atoms with Gasteiger partial charge >= 0.3 is 12.1 Å². The van der Waals surface area contributed by atoms with Gasteiger partial charge in [0.05, 0.1) is 36.8 Å². The number of rotatable bonds is 18. The Bertz CT molecular complexity index is 1460. The maximum absolute atomic E-state index is 12.7. The molecule has 3 amide bonds. The molecule has 0 bridgehead atoms. The number of carbonyl (C=O) groups is 4. The summed E-state index contributed by atoms with van der Waals surface area (Å²) in [4.78, 5) is 57.7. The molecule has 47 heavy (non-hydrogen) atoms. The highest BCUT2D eigenvalue weighted by molar-refractivity contribution is 7.14. The molecule has 0 radical (unpaired) electrons. The van der Waals surface area contributed by atoms with Crippen LogP contribution in [0.3, 0.4) is 0 Å². The number of esters is 1. The highest BCUT2D eigenvalue weighted by Crippen LogP contribution is 2.29. The van der Waals surface area contributed by atoms with E-state index in [2.05, 4.69) is 51.7 Å². The molecule has 1 aliphatic rings. The molecule has 2 aromatic rings. The van der Waals surface area contributed by atoms with Crippen LogP contribution in [0.15, 0.2) is 24.2 Å². The lowest BCUT2D eigenvalue weighted by atomic mass is 9.99. The maximum atomic E-state index is 12.7. The van der Waals surface area contributed by atoms with Crippen molar-refractivity contribution in [3.05, 3.63) is 35.6 Å². The number of β-lactam (4-membered cyclic amide) rings is 1. The average molecular weight is 674 g/mol.